The van der Waals surface area contributed by atoms with Crippen LogP contribution in [-0.4, -0.2) is 21.9 Å². The van der Waals surface area contributed by atoms with Crippen LogP contribution in [0.2, 0.25) is 0 Å². The number of nitrogens with zero attached hydrogens (tertiary/aromatic N) is 2. The lowest BCUT2D eigenvalue weighted by Gasteiger charge is -2.03. The molecule has 0 aliphatic carbocycles. The van der Waals surface area contributed by atoms with Crippen LogP contribution in [0.15, 0.2) is 63.4 Å². The summed E-state index contributed by atoms with van der Waals surface area (Å²) in [6.07, 6.45) is 0. The maximum Gasteiger partial charge on any atom is 0.234 e. The molecule has 1 heterocycles. The van der Waals surface area contributed by atoms with E-state index < -0.39 is 0 Å². The summed E-state index contributed by atoms with van der Waals surface area (Å²) >= 11 is 6.15. The average Bonchev–Trinajstić information content (AvgIpc) is 3.03. The number of halogens is 1. The minimum absolute atomic E-state index is 0.0740. The number of carbonyl (C=O) groups excluding carboxylic acids is 1. The molecular weight excluding hydrogens is 408 g/mol. The van der Waals surface area contributed by atoms with Crippen molar-refractivity contribution < 1.29 is 4.79 Å². The zero-order valence-electron chi connectivity index (χ0n) is 12.4. The lowest BCUT2D eigenvalue weighted by atomic mass is 10.3. The van der Waals surface area contributed by atoms with Crippen LogP contribution in [0.5, 0.6) is 0 Å². The highest BCUT2D eigenvalue weighted by Crippen LogP contribution is 2.27. The Balaban J connectivity index is 1.50. The zero-order chi connectivity index (χ0) is 16.8. The third-order valence-electron chi connectivity index (χ3n) is 2.89. The van der Waals surface area contributed by atoms with E-state index in [2.05, 4.69) is 36.8 Å². The van der Waals surface area contributed by atoms with Crippen molar-refractivity contribution in [2.24, 2.45) is 0 Å². The van der Waals surface area contributed by atoms with Crippen molar-refractivity contribution in [1.29, 1.82) is 0 Å². The van der Waals surface area contributed by atoms with E-state index in [-0.39, 0.29) is 11.7 Å². The summed E-state index contributed by atoms with van der Waals surface area (Å²) in [5, 5.41) is 14.9. The highest BCUT2D eigenvalue weighted by Gasteiger charge is 2.08. The van der Waals surface area contributed by atoms with E-state index in [4.69, 9.17) is 0 Å². The van der Waals surface area contributed by atoms with Gasteiger partial charge in [-0.2, -0.15) is 0 Å². The lowest BCUT2D eigenvalue weighted by Crippen LogP contribution is -2.13. The van der Waals surface area contributed by atoms with E-state index in [1.165, 1.54) is 23.1 Å². The van der Waals surface area contributed by atoms with Crippen LogP contribution < -0.4 is 10.6 Å². The molecule has 3 rings (SSSR count). The van der Waals surface area contributed by atoms with Gasteiger partial charge in [0.15, 0.2) is 4.34 Å². The molecule has 0 aliphatic rings. The van der Waals surface area contributed by atoms with Crippen LogP contribution in [0.3, 0.4) is 0 Å². The van der Waals surface area contributed by atoms with Gasteiger partial charge in [-0.1, -0.05) is 57.2 Å². The number of para-hydroxylation sites is 1. The lowest BCUT2D eigenvalue weighted by molar-refractivity contribution is -0.113. The molecule has 2 aromatic carbocycles. The van der Waals surface area contributed by atoms with E-state index in [9.17, 15) is 4.79 Å². The largest absolute Gasteiger partial charge is 0.330 e. The van der Waals surface area contributed by atoms with Gasteiger partial charge in [-0.3, -0.25) is 4.79 Å². The van der Waals surface area contributed by atoms with Crippen molar-refractivity contribution in [2.75, 3.05) is 16.4 Å². The smallest absolute Gasteiger partial charge is 0.234 e. The zero-order valence-corrected chi connectivity index (χ0v) is 15.6. The van der Waals surface area contributed by atoms with Gasteiger partial charge in [0, 0.05) is 15.8 Å². The number of thioether (sulfide) groups is 1. The summed E-state index contributed by atoms with van der Waals surface area (Å²) in [6, 6.07) is 17.2. The molecule has 122 valence electrons. The first-order chi connectivity index (χ1) is 11.7. The molecular formula is C16H13BrN4OS2. The second-order valence-electron chi connectivity index (χ2n) is 4.71. The molecule has 0 bridgehead atoms. The van der Waals surface area contributed by atoms with Crippen LogP contribution in [0.4, 0.5) is 16.5 Å². The van der Waals surface area contributed by atoms with Crippen molar-refractivity contribution in [1.82, 2.24) is 10.2 Å². The number of hydrogen-bond acceptors (Lipinski definition) is 6. The third kappa shape index (κ3) is 5.05. The molecule has 0 radical (unpaired) electrons. The second-order valence-corrected chi connectivity index (χ2v) is 7.82. The molecule has 2 N–H and O–H groups in total. The first-order valence-corrected chi connectivity index (χ1v) is 9.62. The summed E-state index contributed by atoms with van der Waals surface area (Å²) in [5.41, 5.74) is 1.73. The highest BCUT2D eigenvalue weighted by molar-refractivity contribution is 9.10. The number of nitrogens with one attached hydrogen (secondary N) is 2. The van der Waals surface area contributed by atoms with Gasteiger partial charge in [-0.25, -0.2) is 0 Å². The van der Waals surface area contributed by atoms with Crippen molar-refractivity contribution in [2.45, 2.75) is 4.34 Å². The Morgan fingerprint density at radius 3 is 2.54 bits per heavy atom. The molecule has 1 amide bonds. The summed E-state index contributed by atoms with van der Waals surface area (Å²) in [5.74, 6) is 0.214. The van der Waals surface area contributed by atoms with E-state index in [1.807, 2.05) is 54.6 Å². The van der Waals surface area contributed by atoms with Crippen LogP contribution in [0.25, 0.3) is 0 Å². The quantitative estimate of drug-likeness (QED) is 0.561. The van der Waals surface area contributed by atoms with Crippen LogP contribution in [-0.2, 0) is 4.79 Å². The van der Waals surface area contributed by atoms with Gasteiger partial charge in [0.05, 0.1) is 5.75 Å². The van der Waals surface area contributed by atoms with Crippen LogP contribution in [0.1, 0.15) is 0 Å². The number of hydrogen-bond donors (Lipinski definition) is 2. The Bertz CT molecular complexity index is 808. The van der Waals surface area contributed by atoms with Gasteiger partial charge in [0.1, 0.15) is 0 Å². The number of rotatable bonds is 6. The first-order valence-electron chi connectivity index (χ1n) is 7.03. The van der Waals surface area contributed by atoms with E-state index in [0.717, 1.165) is 20.2 Å². The number of benzene rings is 2. The summed E-state index contributed by atoms with van der Waals surface area (Å²) in [6.45, 7) is 0. The van der Waals surface area contributed by atoms with Gasteiger partial charge in [-0.15, -0.1) is 10.2 Å². The molecule has 0 spiro atoms. The molecule has 3 aromatic rings. The highest BCUT2D eigenvalue weighted by atomic mass is 79.9. The van der Waals surface area contributed by atoms with Gasteiger partial charge >= 0.3 is 0 Å². The van der Waals surface area contributed by atoms with Gasteiger partial charge in [-0.05, 0) is 36.4 Å². The van der Waals surface area contributed by atoms with Crippen molar-refractivity contribution in [3.8, 4) is 0 Å². The summed E-state index contributed by atoms with van der Waals surface area (Å²) < 4.78 is 1.72. The van der Waals surface area contributed by atoms with Crippen LogP contribution >= 0.6 is 39.0 Å². The van der Waals surface area contributed by atoms with Crippen molar-refractivity contribution >= 4 is 61.4 Å². The Hall–Kier alpha value is -1.90. The molecule has 24 heavy (non-hydrogen) atoms. The third-order valence-corrected chi connectivity index (χ3v) is 5.39. The molecule has 0 saturated carbocycles. The number of aromatic nitrogens is 2. The molecule has 0 atom stereocenters. The fourth-order valence-corrected chi connectivity index (χ4v) is 3.66. The normalized spacial score (nSPS) is 10.4. The Morgan fingerprint density at radius 1 is 1.04 bits per heavy atom. The molecule has 0 fully saturated rings. The summed E-state index contributed by atoms with van der Waals surface area (Å²) in [4.78, 5) is 12.0. The van der Waals surface area contributed by atoms with E-state index in [0.29, 0.717) is 5.13 Å². The van der Waals surface area contributed by atoms with Crippen LogP contribution in [0, 0.1) is 0 Å². The Labute approximate surface area is 156 Å². The fraction of sp³-hybridized carbons (Fsp3) is 0.0625. The SMILES string of the molecule is O=C(CSc1nnc(Nc2ccccc2)s1)Nc1ccc(Br)cc1. The second kappa shape index (κ2) is 8.27. The minimum Gasteiger partial charge on any atom is -0.330 e. The topological polar surface area (TPSA) is 66.9 Å². The molecule has 8 heteroatoms. The monoisotopic (exact) mass is 420 g/mol. The maximum absolute atomic E-state index is 12.0. The van der Waals surface area contributed by atoms with Gasteiger partial charge < -0.3 is 10.6 Å². The molecule has 1 aromatic heterocycles. The minimum atomic E-state index is -0.0740. The predicted molar refractivity (Wildman–Crippen MR) is 103 cm³/mol. The number of carbonyl (C=O) groups is 1. The molecule has 0 saturated heterocycles. The van der Waals surface area contributed by atoms with Gasteiger partial charge in [0.2, 0.25) is 11.0 Å². The summed E-state index contributed by atoms with van der Waals surface area (Å²) in [7, 11) is 0. The maximum atomic E-state index is 12.0. The average molecular weight is 421 g/mol. The fourth-order valence-electron chi connectivity index (χ4n) is 1.82. The van der Waals surface area contributed by atoms with E-state index in [1.54, 1.807) is 0 Å². The van der Waals surface area contributed by atoms with Crippen molar-refractivity contribution in [3.63, 3.8) is 0 Å². The predicted octanol–water partition coefficient (Wildman–Crippen LogP) is 4.78. The Kier molecular flexibility index (Phi) is 5.84. The molecule has 0 aliphatic heterocycles. The Morgan fingerprint density at radius 2 is 1.79 bits per heavy atom. The standard InChI is InChI=1S/C16H13BrN4OS2/c17-11-6-8-13(9-7-11)18-14(22)10-23-16-21-20-15(24-16)19-12-4-2-1-3-5-12/h1-9H,10H2,(H,18,22)(H,19,20). The number of anilines is 3. The molecule has 5 nitrogen and oxygen atoms in total. The van der Waals surface area contributed by atoms with E-state index >= 15 is 0 Å². The number of amides is 1. The van der Waals surface area contributed by atoms with Gasteiger partial charge in [0.25, 0.3) is 0 Å². The first kappa shape index (κ1) is 16.9. The van der Waals surface area contributed by atoms with Crippen molar-refractivity contribution in [3.05, 3.63) is 59.1 Å². The molecule has 0 unspecified atom stereocenters.